The Balaban J connectivity index is 2.46. The van der Waals surface area contributed by atoms with E-state index < -0.39 is 5.60 Å². The van der Waals surface area contributed by atoms with Gasteiger partial charge in [0, 0.05) is 0 Å². The molecule has 0 spiro atoms. The molecule has 0 N–H and O–H groups in total. The lowest BCUT2D eigenvalue weighted by Crippen LogP contribution is -2.24. The van der Waals surface area contributed by atoms with Crippen LogP contribution in [0, 0.1) is 6.92 Å². The van der Waals surface area contributed by atoms with E-state index in [1.165, 1.54) is 0 Å². The second-order valence-electron chi connectivity index (χ2n) is 3.17. The molecule has 12 heavy (non-hydrogen) atoms. The lowest BCUT2D eigenvalue weighted by Gasteiger charge is -2.23. The molecule has 63 valence electrons. The van der Waals surface area contributed by atoms with Crippen molar-refractivity contribution >= 4 is 0 Å². The third-order valence-corrected chi connectivity index (χ3v) is 2.26. The minimum atomic E-state index is -0.398. The predicted molar refractivity (Wildman–Crippen MR) is 45.5 cm³/mol. The van der Waals surface area contributed by atoms with Gasteiger partial charge in [0.05, 0.1) is 0 Å². The van der Waals surface area contributed by atoms with Crippen LogP contribution in [0.25, 0.3) is 0 Å². The van der Waals surface area contributed by atoms with E-state index in [1.54, 1.807) is 0 Å². The quantitative estimate of drug-likeness (QED) is 0.592. The van der Waals surface area contributed by atoms with Gasteiger partial charge < -0.3 is 4.89 Å². The van der Waals surface area contributed by atoms with Crippen LogP contribution in [-0.4, -0.2) is 0 Å². The van der Waals surface area contributed by atoms with Crippen molar-refractivity contribution in [3.63, 3.8) is 0 Å². The number of hydrogen-bond acceptors (Lipinski definition) is 2. The van der Waals surface area contributed by atoms with Gasteiger partial charge in [0.1, 0.15) is 5.60 Å². The summed E-state index contributed by atoms with van der Waals surface area (Å²) in [6.07, 6.45) is 0.657. The fraction of sp³-hybridized carbons (Fsp3) is 0.300. The third-order valence-electron chi connectivity index (χ3n) is 2.26. The highest BCUT2D eigenvalue weighted by Crippen LogP contribution is 2.34. The maximum absolute atomic E-state index is 5.27. The molecule has 0 amide bonds. The topological polar surface area (TPSA) is 18.5 Å². The lowest BCUT2D eigenvalue weighted by atomic mass is 9.94. The molecule has 0 aromatic heterocycles. The van der Waals surface area contributed by atoms with E-state index in [4.69, 9.17) is 9.78 Å². The SMILES string of the molecule is [CH2]CC1(C)OOc2ccc1cc2. The summed E-state index contributed by atoms with van der Waals surface area (Å²) in [6.45, 7) is 5.81. The summed E-state index contributed by atoms with van der Waals surface area (Å²) in [7, 11) is 0. The first-order valence-corrected chi connectivity index (χ1v) is 4.00. The Morgan fingerprint density at radius 2 is 2.00 bits per heavy atom. The molecule has 0 saturated heterocycles. The molecular weight excluding hydrogens is 152 g/mol. The van der Waals surface area contributed by atoms with Gasteiger partial charge in [-0.25, -0.2) is 0 Å². The molecule has 2 heterocycles. The molecule has 0 saturated carbocycles. The van der Waals surface area contributed by atoms with Crippen LogP contribution in [0.4, 0.5) is 0 Å². The molecule has 2 bridgehead atoms. The van der Waals surface area contributed by atoms with Crippen molar-refractivity contribution in [3.05, 3.63) is 36.8 Å². The number of fused-ring (bicyclic) bond motifs is 4. The van der Waals surface area contributed by atoms with Crippen molar-refractivity contribution in [2.75, 3.05) is 0 Å². The second kappa shape index (κ2) is 2.49. The highest BCUT2D eigenvalue weighted by Gasteiger charge is 2.30. The van der Waals surface area contributed by atoms with Crippen LogP contribution in [0.5, 0.6) is 5.75 Å². The van der Waals surface area contributed by atoms with Gasteiger partial charge in [-0.05, 0) is 38.0 Å². The van der Waals surface area contributed by atoms with Gasteiger partial charge in [0.15, 0.2) is 5.75 Å². The number of benzene rings is 1. The summed E-state index contributed by atoms with van der Waals surface area (Å²) in [5.74, 6) is 0.746. The van der Waals surface area contributed by atoms with Crippen LogP contribution < -0.4 is 4.89 Å². The number of hydrogen-bond donors (Lipinski definition) is 0. The van der Waals surface area contributed by atoms with Crippen molar-refractivity contribution in [1.29, 1.82) is 0 Å². The van der Waals surface area contributed by atoms with Gasteiger partial charge in [-0.15, -0.1) is 0 Å². The molecule has 1 atom stereocenters. The highest BCUT2D eigenvalue weighted by atomic mass is 17.2. The Hall–Kier alpha value is -1.02. The maximum Gasteiger partial charge on any atom is 0.165 e. The van der Waals surface area contributed by atoms with Crippen molar-refractivity contribution in [3.8, 4) is 5.75 Å². The van der Waals surface area contributed by atoms with E-state index >= 15 is 0 Å². The van der Waals surface area contributed by atoms with Crippen LogP contribution in [0.15, 0.2) is 24.3 Å². The number of rotatable bonds is 1. The van der Waals surface area contributed by atoms with E-state index in [2.05, 4.69) is 6.92 Å². The largest absolute Gasteiger partial charge is 0.337 e. The molecule has 1 aromatic rings. The molecule has 2 heteroatoms. The first kappa shape index (κ1) is 7.62. The first-order valence-electron chi connectivity index (χ1n) is 4.00. The standard InChI is InChI=1S/C10H11O2/c1-3-10(2)8-4-6-9(7-5-8)11-12-10/h4-7H,1,3H2,2H3. The first-order chi connectivity index (χ1) is 5.74. The van der Waals surface area contributed by atoms with E-state index in [9.17, 15) is 0 Å². The van der Waals surface area contributed by atoms with E-state index in [-0.39, 0.29) is 0 Å². The summed E-state index contributed by atoms with van der Waals surface area (Å²) < 4.78 is 0. The van der Waals surface area contributed by atoms with Crippen molar-refractivity contribution in [1.82, 2.24) is 0 Å². The Kier molecular flexibility index (Phi) is 1.58. The van der Waals surface area contributed by atoms with E-state index in [0.29, 0.717) is 6.42 Å². The molecule has 0 fully saturated rings. The van der Waals surface area contributed by atoms with Gasteiger partial charge in [0.2, 0.25) is 0 Å². The zero-order valence-corrected chi connectivity index (χ0v) is 7.04. The molecule has 0 aliphatic carbocycles. The molecule has 2 aliphatic rings. The average Bonchev–Trinajstić information content (AvgIpc) is 2.38. The Morgan fingerprint density at radius 1 is 1.33 bits per heavy atom. The van der Waals surface area contributed by atoms with Gasteiger partial charge in [-0.1, -0.05) is 12.1 Å². The smallest absolute Gasteiger partial charge is 0.165 e. The lowest BCUT2D eigenvalue weighted by molar-refractivity contribution is -0.289. The third kappa shape index (κ3) is 0.994. The molecule has 3 rings (SSSR count). The summed E-state index contributed by atoms with van der Waals surface area (Å²) in [6, 6.07) is 7.81. The van der Waals surface area contributed by atoms with Crippen LogP contribution in [0.3, 0.4) is 0 Å². The Labute approximate surface area is 72.0 Å². The fourth-order valence-corrected chi connectivity index (χ4v) is 1.24. The minimum absolute atomic E-state index is 0.398. The predicted octanol–water partition coefficient (Wildman–Crippen LogP) is 2.45. The van der Waals surface area contributed by atoms with Gasteiger partial charge in [-0.3, -0.25) is 0 Å². The summed E-state index contributed by atoms with van der Waals surface area (Å²) in [4.78, 5) is 10.3. The maximum atomic E-state index is 5.27. The van der Waals surface area contributed by atoms with Crippen molar-refractivity contribution in [2.24, 2.45) is 0 Å². The van der Waals surface area contributed by atoms with E-state index in [0.717, 1.165) is 11.3 Å². The van der Waals surface area contributed by atoms with Crippen LogP contribution >= 0.6 is 0 Å². The molecule has 2 nitrogen and oxygen atoms in total. The molecular formula is C10H11O2. The Morgan fingerprint density at radius 3 is 2.58 bits per heavy atom. The molecule has 1 unspecified atom stereocenters. The molecule has 1 aromatic carbocycles. The minimum Gasteiger partial charge on any atom is -0.337 e. The van der Waals surface area contributed by atoms with Crippen LogP contribution in [0.1, 0.15) is 18.9 Å². The summed E-state index contributed by atoms with van der Waals surface area (Å²) in [5.41, 5.74) is 0.712. The van der Waals surface area contributed by atoms with Crippen molar-refractivity contribution < 1.29 is 9.78 Å². The summed E-state index contributed by atoms with van der Waals surface area (Å²) in [5, 5.41) is 0. The zero-order chi connectivity index (χ0) is 8.60. The fourth-order valence-electron chi connectivity index (χ4n) is 1.24. The second-order valence-corrected chi connectivity index (χ2v) is 3.17. The Bertz CT molecular complexity index is 278. The molecule has 1 radical (unpaired) electrons. The van der Waals surface area contributed by atoms with Crippen LogP contribution in [-0.2, 0) is 10.5 Å². The van der Waals surface area contributed by atoms with Gasteiger partial charge in [-0.2, -0.15) is 4.89 Å². The van der Waals surface area contributed by atoms with E-state index in [1.807, 2.05) is 31.2 Å². The van der Waals surface area contributed by atoms with Crippen LogP contribution in [0.2, 0.25) is 0 Å². The normalized spacial score (nSPS) is 26.5. The highest BCUT2D eigenvalue weighted by molar-refractivity contribution is 5.31. The zero-order valence-electron chi connectivity index (χ0n) is 7.04. The van der Waals surface area contributed by atoms with Gasteiger partial charge in [0.25, 0.3) is 0 Å². The van der Waals surface area contributed by atoms with Crippen molar-refractivity contribution in [2.45, 2.75) is 18.9 Å². The summed E-state index contributed by atoms with van der Waals surface area (Å²) >= 11 is 0. The monoisotopic (exact) mass is 163 g/mol. The average molecular weight is 163 g/mol. The van der Waals surface area contributed by atoms with Gasteiger partial charge >= 0.3 is 0 Å². The molecule has 2 aliphatic heterocycles.